The molecule has 0 aromatic heterocycles. The molecule has 3 N–H and O–H groups in total. The van der Waals surface area contributed by atoms with E-state index in [2.05, 4.69) is 0 Å². The first-order valence-corrected chi connectivity index (χ1v) is 8.43. The van der Waals surface area contributed by atoms with Gasteiger partial charge in [-0.3, -0.25) is 34.4 Å². The Balaban J connectivity index is 2.56. The largest absolute Gasteiger partial charge is 0.507 e. The van der Waals surface area contributed by atoms with E-state index in [1.165, 1.54) is 0 Å². The van der Waals surface area contributed by atoms with Crippen LogP contribution in [-0.2, 0) is 10.1 Å². The molecular weight excluding hydrogens is 404 g/mol. The highest BCUT2D eigenvalue weighted by Crippen LogP contribution is 2.45. The highest BCUT2D eigenvalue weighted by Gasteiger charge is 2.46. The molecule has 0 saturated carbocycles. The predicted octanol–water partition coefficient (Wildman–Crippen LogP) is 0.936. The first kappa shape index (κ1) is 18.9. The van der Waals surface area contributed by atoms with Crippen LogP contribution in [0.5, 0.6) is 11.5 Å². The summed E-state index contributed by atoms with van der Waals surface area (Å²) in [6.07, 6.45) is 0. The number of hydrogen-bond donors (Lipinski definition) is 3. The van der Waals surface area contributed by atoms with E-state index in [9.17, 15) is 53.0 Å². The Morgan fingerprint density at radius 2 is 1.36 bits per heavy atom. The molecule has 0 atom stereocenters. The maximum absolute atomic E-state index is 12.8. The average molecular weight is 410 g/mol. The van der Waals surface area contributed by atoms with E-state index in [1.54, 1.807) is 0 Å². The Morgan fingerprint density at radius 3 is 1.86 bits per heavy atom. The number of benzene rings is 2. The Bertz CT molecular complexity index is 1250. The van der Waals surface area contributed by atoms with Gasteiger partial charge < -0.3 is 10.2 Å². The van der Waals surface area contributed by atoms with Crippen molar-refractivity contribution in [2.75, 3.05) is 0 Å². The Labute approximate surface area is 153 Å². The van der Waals surface area contributed by atoms with E-state index in [0.717, 1.165) is 0 Å². The summed E-state index contributed by atoms with van der Waals surface area (Å²) < 4.78 is 32.1. The number of carbonyl (C=O) groups excluding carboxylic acids is 2. The maximum atomic E-state index is 12.8. The van der Waals surface area contributed by atoms with Gasteiger partial charge in [0.2, 0.25) is 11.6 Å². The van der Waals surface area contributed by atoms with E-state index in [-0.39, 0.29) is 6.07 Å². The quantitative estimate of drug-likeness (QED) is 0.313. The van der Waals surface area contributed by atoms with Crippen molar-refractivity contribution in [3.05, 3.63) is 60.7 Å². The molecule has 0 fully saturated rings. The number of rotatable bonds is 3. The second kappa shape index (κ2) is 5.80. The summed E-state index contributed by atoms with van der Waals surface area (Å²) in [6, 6.07) is 1.59. The molecule has 0 radical (unpaired) electrons. The van der Waals surface area contributed by atoms with Crippen molar-refractivity contribution < 1.29 is 42.6 Å². The van der Waals surface area contributed by atoms with Crippen LogP contribution in [0.2, 0.25) is 0 Å². The fourth-order valence-corrected chi connectivity index (χ4v) is 3.59. The number of carbonyl (C=O) groups is 2. The van der Waals surface area contributed by atoms with Gasteiger partial charge in [0.1, 0.15) is 22.6 Å². The predicted molar refractivity (Wildman–Crippen MR) is 86.2 cm³/mol. The van der Waals surface area contributed by atoms with Gasteiger partial charge in [-0.1, -0.05) is 0 Å². The molecule has 13 nitrogen and oxygen atoms in total. The van der Waals surface area contributed by atoms with E-state index in [1.807, 2.05) is 0 Å². The molecule has 2 aromatic rings. The SMILES string of the molecule is O=C1c2c(O)cc(S(=O)(=O)O)c([N+](=O)[O-])c2C(=O)c2c(O)ccc([N+](=O)[O-])c21. The molecular formula is C14H6N2O11S. The number of hydrogen-bond acceptors (Lipinski definition) is 10. The van der Waals surface area contributed by atoms with Crippen molar-refractivity contribution in [3.8, 4) is 11.5 Å². The van der Waals surface area contributed by atoms with Gasteiger partial charge in [-0.25, -0.2) is 0 Å². The molecule has 14 heteroatoms. The van der Waals surface area contributed by atoms with Crippen LogP contribution < -0.4 is 0 Å². The molecule has 0 aliphatic heterocycles. The summed E-state index contributed by atoms with van der Waals surface area (Å²) in [7, 11) is -5.32. The number of aromatic hydroxyl groups is 2. The van der Waals surface area contributed by atoms with Crippen molar-refractivity contribution in [1.82, 2.24) is 0 Å². The topological polar surface area (TPSA) is 215 Å². The number of ketones is 2. The van der Waals surface area contributed by atoms with Crippen LogP contribution in [0.3, 0.4) is 0 Å². The van der Waals surface area contributed by atoms with Crippen molar-refractivity contribution in [2.45, 2.75) is 4.90 Å². The normalized spacial score (nSPS) is 13.0. The van der Waals surface area contributed by atoms with Gasteiger partial charge in [-0.15, -0.1) is 0 Å². The lowest BCUT2D eigenvalue weighted by Gasteiger charge is -2.19. The smallest absolute Gasteiger partial charge is 0.302 e. The van der Waals surface area contributed by atoms with Crippen LogP contribution >= 0.6 is 0 Å². The van der Waals surface area contributed by atoms with E-state index >= 15 is 0 Å². The number of nitro groups is 2. The number of phenolic OH excluding ortho intramolecular Hbond substituents is 2. The fraction of sp³-hybridized carbons (Fsp3) is 0. The van der Waals surface area contributed by atoms with Gasteiger partial charge in [-0.05, 0) is 6.07 Å². The van der Waals surface area contributed by atoms with E-state index < -0.39 is 81.6 Å². The molecule has 0 heterocycles. The van der Waals surface area contributed by atoms with Gasteiger partial charge in [0.15, 0.2) is 4.90 Å². The molecule has 1 aliphatic rings. The Kier molecular flexibility index (Phi) is 3.91. The molecule has 0 saturated heterocycles. The Hall–Kier alpha value is -3.91. The van der Waals surface area contributed by atoms with Gasteiger partial charge in [0.25, 0.3) is 5.69 Å². The zero-order valence-electron chi connectivity index (χ0n) is 13.1. The maximum Gasteiger partial charge on any atom is 0.302 e. The van der Waals surface area contributed by atoms with Gasteiger partial charge in [-0.2, -0.15) is 8.42 Å². The monoisotopic (exact) mass is 410 g/mol. The molecule has 3 rings (SSSR count). The third-order valence-electron chi connectivity index (χ3n) is 3.97. The lowest BCUT2D eigenvalue weighted by atomic mass is 9.81. The van der Waals surface area contributed by atoms with E-state index in [0.29, 0.717) is 12.1 Å². The van der Waals surface area contributed by atoms with Crippen molar-refractivity contribution in [2.24, 2.45) is 0 Å². The number of phenols is 2. The summed E-state index contributed by atoms with van der Waals surface area (Å²) in [4.78, 5) is 44.2. The van der Waals surface area contributed by atoms with Crippen LogP contribution in [0.1, 0.15) is 31.8 Å². The number of fused-ring (bicyclic) bond motifs is 2. The average Bonchev–Trinajstić information content (AvgIpc) is 2.57. The minimum atomic E-state index is -5.32. The van der Waals surface area contributed by atoms with Crippen molar-refractivity contribution in [3.63, 3.8) is 0 Å². The zero-order chi connectivity index (χ0) is 21.1. The van der Waals surface area contributed by atoms with Gasteiger partial charge >= 0.3 is 15.8 Å². The van der Waals surface area contributed by atoms with Gasteiger partial charge in [0, 0.05) is 12.1 Å². The molecule has 0 spiro atoms. The first-order valence-electron chi connectivity index (χ1n) is 6.99. The van der Waals surface area contributed by atoms with Crippen LogP contribution in [0.4, 0.5) is 11.4 Å². The summed E-state index contributed by atoms with van der Waals surface area (Å²) in [5, 5.41) is 42.5. The Morgan fingerprint density at radius 1 is 0.821 bits per heavy atom. The molecule has 2 aromatic carbocycles. The molecule has 0 amide bonds. The minimum Gasteiger partial charge on any atom is -0.507 e. The summed E-state index contributed by atoms with van der Waals surface area (Å²) in [6.45, 7) is 0. The fourth-order valence-electron chi connectivity index (χ4n) is 2.91. The third-order valence-corrected chi connectivity index (χ3v) is 4.84. The number of nitrogens with zero attached hydrogens (tertiary/aromatic N) is 2. The molecule has 1 aliphatic carbocycles. The summed E-state index contributed by atoms with van der Waals surface area (Å²) >= 11 is 0. The van der Waals surface area contributed by atoms with Crippen LogP contribution in [0, 0.1) is 20.2 Å². The highest BCUT2D eigenvalue weighted by molar-refractivity contribution is 7.86. The third kappa shape index (κ3) is 2.47. The second-order valence-corrected chi connectivity index (χ2v) is 6.88. The minimum absolute atomic E-state index is 0.178. The lowest BCUT2D eigenvalue weighted by molar-refractivity contribution is -0.388. The summed E-state index contributed by atoms with van der Waals surface area (Å²) in [5.74, 6) is -5.11. The van der Waals surface area contributed by atoms with Crippen LogP contribution in [0.25, 0.3) is 0 Å². The molecule has 28 heavy (non-hydrogen) atoms. The van der Waals surface area contributed by atoms with Crippen molar-refractivity contribution >= 4 is 33.1 Å². The van der Waals surface area contributed by atoms with Crippen LogP contribution in [0.15, 0.2) is 23.1 Å². The molecule has 0 bridgehead atoms. The molecule has 0 unspecified atom stereocenters. The first-order chi connectivity index (χ1) is 12.9. The van der Waals surface area contributed by atoms with Crippen LogP contribution in [-0.4, -0.2) is 44.6 Å². The lowest BCUT2D eigenvalue weighted by Crippen LogP contribution is -2.25. The number of nitro benzene ring substituents is 2. The molecule has 144 valence electrons. The van der Waals surface area contributed by atoms with Gasteiger partial charge in [0.05, 0.1) is 21.0 Å². The summed E-state index contributed by atoms with van der Waals surface area (Å²) in [5.41, 5.74) is -6.63. The highest BCUT2D eigenvalue weighted by atomic mass is 32.2. The second-order valence-electron chi connectivity index (χ2n) is 5.49. The zero-order valence-corrected chi connectivity index (χ0v) is 14.0. The van der Waals surface area contributed by atoms with E-state index in [4.69, 9.17) is 0 Å². The standard InChI is InChI=1S/C14H6N2O11S/c17-5-2-1-4(15(21)22)8-9(5)14(20)11-10(13(8)19)6(18)3-7(28(25,26)27)12(11)16(23)24/h1-3,17-18H,(H,25,26,27). The van der Waals surface area contributed by atoms with Crippen molar-refractivity contribution in [1.29, 1.82) is 0 Å².